The van der Waals surface area contributed by atoms with Crippen LogP contribution in [-0.4, -0.2) is 82.1 Å². The molecule has 0 radical (unpaired) electrons. The van der Waals surface area contributed by atoms with E-state index in [1.165, 1.54) is 0 Å². The van der Waals surface area contributed by atoms with Crippen molar-refractivity contribution in [1.82, 2.24) is 0 Å². The summed E-state index contributed by atoms with van der Waals surface area (Å²) in [5, 5.41) is 0. The summed E-state index contributed by atoms with van der Waals surface area (Å²) in [6.45, 7) is -2.82. The number of hydrogen-bond donors (Lipinski definition) is 14. The zero-order valence-electron chi connectivity index (χ0n) is 27.3. The van der Waals surface area contributed by atoms with E-state index in [1.54, 1.807) is 0 Å². The fraction of sp³-hybridized carbons (Fsp3) is 1.00. The number of nitrogens with zero attached hydrogens (tertiary/aromatic N) is 9. The molecule has 0 aromatic heterocycles. The standard InChI is InChI=1S/C2H18N9O18P9.14Rf/c12-30(13)3-31(14,15)6-35(22,5-30)26-1-28-37(24)9-34(20,21)10-38(25,11-37)29-2-27-36(23)7-32(16,17)4-33(18,19)8-36;;;;;;;;;;;;;;/h12-25H,1-2H2;;;;;;;;;;;;;;. The molecule has 4 unspecified atom stereocenters. The van der Waals surface area contributed by atoms with Gasteiger partial charge in [-0.25, -0.2) is 0 Å². The normalized spacial score (nSPS) is 29.0. The molecule has 4 atom stereocenters. The van der Waals surface area contributed by atoms with Crippen molar-refractivity contribution in [3.05, 3.63) is 0 Å². The first-order chi connectivity index (χ1) is 16.8. The van der Waals surface area contributed by atoms with Crippen LogP contribution in [0.4, 0.5) is 0 Å². The van der Waals surface area contributed by atoms with Crippen LogP contribution in [-0.2, 0) is 18.1 Å². The van der Waals surface area contributed by atoms with E-state index in [0.717, 1.165) is 0 Å². The average molecular weight is 4470 g/mol. The summed E-state index contributed by atoms with van der Waals surface area (Å²) in [6, 6.07) is 0. The maximum Gasteiger partial charge on any atom is 0.348 e. The minimum atomic E-state index is -4.98. The third-order valence-corrected chi connectivity index (χ3v) is 21.9. The second-order valence-electron chi connectivity index (χ2n) is 6.29. The minimum Gasteiger partial charge on any atom is -0.322 e. The molecule has 50 heteroatoms. The monoisotopic (exact) mass is 4470 g/mol. The number of rotatable bonds is 8. The van der Waals surface area contributed by atoms with E-state index in [4.69, 9.17) is 0 Å². The first-order valence-corrected chi connectivity index (χ1v) is 22.5. The molecule has 27 nitrogen and oxygen atoms in total. The first-order valence-electron chi connectivity index (χ1n) is 8.28. The molecule has 52 heavy (non-hydrogen) atoms. The first kappa shape index (κ1) is 77.4. The van der Waals surface area contributed by atoms with Gasteiger partial charge in [0.2, 0.25) is 0 Å². The molecular weight excluding hydrogens is 4450 g/mol. The average Bonchev–Trinajstić information content (AvgIpc) is 2.51. The van der Waals surface area contributed by atoms with Gasteiger partial charge < -0.3 is 68.5 Å². The van der Waals surface area contributed by atoms with Gasteiger partial charge in [-0.15, -0.1) is 40.6 Å². The van der Waals surface area contributed by atoms with Crippen molar-refractivity contribution in [2.45, 2.75) is 0 Å². The molecule has 0 aliphatic carbocycles. The maximum atomic E-state index is 10.4. The van der Waals surface area contributed by atoms with E-state index in [2.05, 4.69) is 58.7 Å². The Morgan fingerprint density at radius 2 is 0.385 bits per heavy atom. The van der Waals surface area contributed by atoms with E-state index in [-0.39, 0.29) is 0 Å². The third-order valence-electron chi connectivity index (χ3n) is 3.04. The Balaban J connectivity index is -0.000000114. The minimum absolute atomic E-state index is 0. The van der Waals surface area contributed by atoms with E-state index in [1.807, 2.05) is 0 Å². The maximum absolute atomic E-state index is 10.4. The summed E-state index contributed by atoms with van der Waals surface area (Å²) in [6.07, 6.45) is 0. The van der Waals surface area contributed by atoms with Crippen LogP contribution in [0.1, 0.15) is 0 Å². The predicted octanol–water partition coefficient (Wildman–Crippen LogP) is 1.42. The van der Waals surface area contributed by atoms with Crippen LogP contribution in [0.3, 0.4) is 0 Å². The third kappa shape index (κ3) is 15.0. The van der Waals surface area contributed by atoms with Crippen LogP contribution in [0.25, 0.3) is 0 Å². The zero-order chi connectivity index (χ0) is 29.1. The Morgan fingerprint density at radius 3 is 0.596 bits per heavy atom. The van der Waals surface area contributed by atoms with Crippen LogP contribution >= 0.6 is 68.9 Å². The summed E-state index contributed by atoms with van der Waals surface area (Å²) >= 11 is 0. The zero-order valence-corrected chi connectivity index (χ0v) is 125. The van der Waals surface area contributed by atoms with Crippen LogP contribution in [0, 0.1) is 0 Å². The van der Waals surface area contributed by atoms with Crippen LogP contribution in [0.15, 0.2) is 40.6 Å². The second-order valence-corrected chi connectivity index (χ2v) is 23.2. The molecule has 0 saturated heterocycles. The molecule has 0 aromatic carbocycles. The van der Waals surface area contributed by atoms with E-state index < -0.39 is 82.5 Å². The van der Waals surface area contributed by atoms with Crippen LogP contribution in [0.5, 0.6) is 0 Å². The van der Waals surface area contributed by atoms with E-state index in [0.29, 0.717) is 0 Å². The van der Waals surface area contributed by atoms with E-state index >= 15 is 0 Å². The van der Waals surface area contributed by atoms with Crippen LogP contribution < -0.4 is 0 Å². The van der Waals surface area contributed by atoms with Gasteiger partial charge in [0.05, 0.1) is 0 Å². The molecule has 3 heterocycles. The topological polar surface area (TPSA) is 431 Å². The molecule has 0 aromatic rings. The van der Waals surface area contributed by atoms with Gasteiger partial charge in [0, 0.05) is 0 Å². The Kier molecular flexibility index (Phi) is 25.1. The van der Waals surface area contributed by atoms with Crippen molar-refractivity contribution in [2.24, 2.45) is 40.6 Å². The number of hydrogen-bond acceptors (Lipinski definition) is 13. The van der Waals surface area contributed by atoms with Crippen molar-refractivity contribution < 1.29 is 86.6 Å². The Bertz CT molecular complexity index is 1460. The summed E-state index contributed by atoms with van der Waals surface area (Å²) in [5.41, 5.74) is 0. The molecule has 0 fully saturated rings. The molecule has 14 N–H and O–H groups in total. The Hall–Kier alpha value is -12.7. The smallest absolute Gasteiger partial charge is 0.322 e. The summed E-state index contributed by atoms with van der Waals surface area (Å²) < 4.78 is 45.0. The van der Waals surface area contributed by atoms with Crippen LogP contribution in [0.2, 0.25) is 0 Å². The molecule has 0 bridgehead atoms. The van der Waals surface area contributed by atoms with Gasteiger partial charge in [-0.05, 0) is 0 Å². The van der Waals surface area contributed by atoms with Gasteiger partial charge in [0.15, 0.2) is 13.6 Å². The van der Waals surface area contributed by atoms with Crippen molar-refractivity contribution >= 4 is 68.9 Å². The van der Waals surface area contributed by atoms with Crippen molar-refractivity contribution in [2.75, 3.05) is 13.6 Å². The van der Waals surface area contributed by atoms with Gasteiger partial charge in [-0.2, -0.15) is 0 Å². The van der Waals surface area contributed by atoms with Crippen molar-refractivity contribution in [3.63, 3.8) is 0 Å². The molecule has 3 rings (SSSR count). The molecule has 0 spiro atoms. The quantitative estimate of drug-likeness (QED) is 0.121. The van der Waals surface area contributed by atoms with Gasteiger partial charge in [-0.1, -0.05) is 0 Å². The van der Waals surface area contributed by atoms with E-state index in [9.17, 15) is 68.5 Å². The summed E-state index contributed by atoms with van der Waals surface area (Å²) in [5.74, 6) is 0. The molecule has 3 aliphatic rings. The molecule has 0 saturated carbocycles. The van der Waals surface area contributed by atoms with Gasteiger partial charge in [0.1, 0.15) is 0 Å². The van der Waals surface area contributed by atoms with Gasteiger partial charge in [-0.3, -0.25) is 18.1 Å². The molecule has 252 valence electrons. The van der Waals surface area contributed by atoms with Crippen molar-refractivity contribution in [3.8, 4) is 0 Å². The Labute approximate surface area is 210 Å². The SMILES string of the molecule is OP1(O)=NP(O)(O)=NP(O)(OCOP2(O)=NP(O)(O)=NP(O)(OCOP3(O)=NP(O)(O)=NP(O)(O)=N3)=N2)=N1.[Rf].[Rf].[Rf].[Rf].[Rf].[Rf].[Rf].[Rf].[Rf].[Rf].[Rf].[Rf].[Rf].[Rf]. The fourth-order valence-corrected chi connectivity index (χ4v) is 20.2. The van der Waals surface area contributed by atoms with Gasteiger partial charge >= 0.3 is 68.9 Å². The van der Waals surface area contributed by atoms with Gasteiger partial charge in [0.25, 0.3) is 0 Å². The molecular formula is C2H18N9O18P9Rf14. The molecule has 0 amide bonds. The fourth-order valence-electron chi connectivity index (χ4n) is 2.11. The predicted molar refractivity (Wildman–Crippen MR) is 129 cm³/mol. The largest absolute Gasteiger partial charge is 0.348 e. The summed E-state index contributed by atoms with van der Waals surface area (Å²) in [4.78, 5) is 136. The molecule has 3 aliphatic heterocycles. The Morgan fingerprint density at radius 1 is 0.231 bits per heavy atom. The summed E-state index contributed by atoms with van der Waals surface area (Å²) in [7, 11) is -43.4. The van der Waals surface area contributed by atoms with Crippen molar-refractivity contribution in [1.29, 1.82) is 0 Å². The second kappa shape index (κ2) is 16.8.